The average molecular weight is 635 g/mol. The molecule has 0 spiro atoms. The molecule has 46 heavy (non-hydrogen) atoms. The Morgan fingerprint density at radius 1 is 0.978 bits per heavy atom. The molecule has 2 fully saturated rings. The topological polar surface area (TPSA) is 118 Å². The summed E-state index contributed by atoms with van der Waals surface area (Å²) < 4.78 is 0. The maximum atomic E-state index is 12.0. The van der Waals surface area contributed by atoms with Crippen LogP contribution in [0.3, 0.4) is 0 Å². The lowest BCUT2D eigenvalue weighted by Gasteiger charge is -2.48. The maximum absolute atomic E-state index is 12.0. The first kappa shape index (κ1) is 35.3. The van der Waals surface area contributed by atoms with Gasteiger partial charge in [-0.2, -0.15) is 0 Å². The minimum atomic E-state index is -0.505. The van der Waals surface area contributed by atoms with Crippen LogP contribution in [0.4, 0.5) is 5.69 Å². The summed E-state index contributed by atoms with van der Waals surface area (Å²) in [6.45, 7) is 11.4. The van der Waals surface area contributed by atoms with Crippen molar-refractivity contribution in [2.45, 2.75) is 114 Å². The van der Waals surface area contributed by atoms with Crippen LogP contribution in [0.5, 0.6) is 0 Å². The van der Waals surface area contributed by atoms with Crippen LogP contribution in [-0.4, -0.2) is 96.3 Å². The number of piperidine rings is 1. The van der Waals surface area contributed by atoms with Gasteiger partial charge in [0.25, 0.3) is 0 Å². The van der Waals surface area contributed by atoms with E-state index in [1.807, 2.05) is 12.1 Å². The third-order valence-electron chi connectivity index (χ3n) is 10.7. The molecule has 3 aliphatic rings. The number of nitrogens with zero attached hydrogens (tertiary/aromatic N) is 1. The van der Waals surface area contributed by atoms with Crippen molar-refractivity contribution in [3.8, 4) is 0 Å². The third kappa shape index (κ3) is 10.2. The number of fused-ring (bicyclic) bond motifs is 2. The van der Waals surface area contributed by atoms with Crippen molar-refractivity contribution in [3.05, 3.63) is 65.7 Å². The Hall–Kier alpha value is -2.04. The summed E-state index contributed by atoms with van der Waals surface area (Å²) in [5, 5.41) is 37.6. The molecule has 2 aromatic carbocycles. The van der Waals surface area contributed by atoms with Crippen molar-refractivity contribution in [1.82, 2.24) is 20.9 Å². The van der Waals surface area contributed by atoms with Crippen LogP contribution in [0.15, 0.2) is 54.6 Å². The summed E-state index contributed by atoms with van der Waals surface area (Å²) in [4.78, 5) is 2.61. The second-order valence-corrected chi connectivity index (χ2v) is 15.4. The Morgan fingerprint density at radius 2 is 1.72 bits per heavy atom. The number of anilines is 1. The highest BCUT2D eigenvalue weighted by atomic mass is 16.3. The van der Waals surface area contributed by atoms with Gasteiger partial charge in [0.05, 0.1) is 18.2 Å². The molecule has 256 valence electrons. The number of aliphatic hydroxyl groups is 2. The number of aliphatic hydroxyl groups excluding tert-OH is 2. The van der Waals surface area contributed by atoms with Crippen LogP contribution < -0.4 is 27.0 Å². The van der Waals surface area contributed by atoms with Gasteiger partial charge in [0.1, 0.15) is 0 Å². The molecule has 2 aromatic rings. The number of nitrogens with one attached hydrogen (secondary N) is 4. The first-order valence-electron chi connectivity index (χ1n) is 18.1. The van der Waals surface area contributed by atoms with Crippen LogP contribution in [0.2, 0.25) is 0 Å². The molecular formula is C38H62N6O2. The molecular weight excluding hydrogens is 572 g/mol. The summed E-state index contributed by atoms with van der Waals surface area (Å²) in [6, 6.07) is 19.2. The Bertz CT molecular complexity index is 1180. The van der Waals surface area contributed by atoms with Crippen molar-refractivity contribution in [3.63, 3.8) is 0 Å². The van der Waals surface area contributed by atoms with Gasteiger partial charge in [0, 0.05) is 68.5 Å². The van der Waals surface area contributed by atoms with Gasteiger partial charge in [0.2, 0.25) is 0 Å². The Balaban J connectivity index is 1.23. The number of rotatable bonds is 15. The van der Waals surface area contributed by atoms with Crippen LogP contribution in [-0.2, 0) is 12.8 Å². The minimum Gasteiger partial charge on any atom is -0.391 e. The second kappa shape index (κ2) is 16.9. The molecule has 8 heteroatoms. The van der Waals surface area contributed by atoms with Gasteiger partial charge >= 0.3 is 0 Å². The van der Waals surface area contributed by atoms with E-state index in [-0.39, 0.29) is 23.7 Å². The quantitative estimate of drug-likeness (QED) is 0.159. The molecule has 0 amide bonds. The summed E-state index contributed by atoms with van der Waals surface area (Å²) >= 11 is 0. The lowest BCUT2D eigenvalue weighted by atomic mass is 9.72. The Labute approximate surface area is 278 Å². The van der Waals surface area contributed by atoms with Gasteiger partial charge in [-0.25, -0.2) is 0 Å². The average Bonchev–Trinajstić information content (AvgIpc) is 3.04. The summed E-state index contributed by atoms with van der Waals surface area (Å²) in [7, 11) is 0. The molecule has 0 bridgehead atoms. The summed E-state index contributed by atoms with van der Waals surface area (Å²) in [6.07, 6.45) is 7.91. The molecule has 2 aliphatic heterocycles. The van der Waals surface area contributed by atoms with Crippen molar-refractivity contribution in [2.75, 3.05) is 44.6 Å². The van der Waals surface area contributed by atoms with E-state index < -0.39 is 12.2 Å². The zero-order valence-corrected chi connectivity index (χ0v) is 28.6. The highest BCUT2D eigenvalue weighted by Gasteiger charge is 2.38. The Kier molecular flexibility index (Phi) is 12.9. The lowest BCUT2D eigenvalue weighted by Crippen LogP contribution is -2.58. The normalized spacial score (nSPS) is 27.2. The van der Waals surface area contributed by atoms with E-state index >= 15 is 0 Å². The van der Waals surface area contributed by atoms with E-state index in [0.717, 1.165) is 49.0 Å². The van der Waals surface area contributed by atoms with Crippen molar-refractivity contribution in [1.29, 1.82) is 0 Å². The number of hydrogen-bond donors (Lipinski definition) is 7. The van der Waals surface area contributed by atoms with Gasteiger partial charge in [-0.15, -0.1) is 0 Å². The number of likely N-dealkylation sites (tertiary alicyclic amines) is 1. The molecule has 0 aromatic heterocycles. The van der Waals surface area contributed by atoms with Crippen LogP contribution >= 0.6 is 0 Å². The fourth-order valence-electron chi connectivity index (χ4n) is 7.98. The minimum absolute atomic E-state index is 0.0674. The highest BCUT2D eigenvalue weighted by Crippen LogP contribution is 2.38. The van der Waals surface area contributed by atoms with E-state index in [2.05, 4.69) is 89.4 Å². The number of para-hydroxylation sites is 1. The van der Waals surface area contributed by atoms with E-state index in [9.17, 15) is 10.2 Å². The van der Waals surface area contributed by atoms with E-state index in [4.69, 9.17) is 5.73 Å². The monoisotopic (exact) mass is 634 g/mol. The molecule has 2 heterocycles. The molecule has 4 unspecified atom stereocenters. The first-order valence-corrected chi connectivity index (χ1v) is 18.1. The zero-order chi connectivity index (χ0) is 32.5. The number of nitrogens with two attached hydrogens (primary N) is 1. The van der Waals surface area contributed by atoms with Crippen molar-refractivity contribution >= 4 is 5.69 Å². The molecule has 8 nitrogen and oxygen atoms in total. The van der Waals surface area contributed by atoms with E-state index in [1.54, 1.807) is 0 Å². The zero-order valence-electron chi connectivity index (χ0n) is 28.6. The molecule has 1 aliphatic carbocycles. The van der Waals surface area contributed by atoms with Gasteiger partial charge in [-0.3, -0.25) is 4.90 Å². The molecule has 0 radical (unpaired) electrons. The Morgan fingerprint density at radius 3 is 2.48 bits per heavy atom. The second-order valence-electron chi connectivity index (χ2n) is 15.4. The summed E-state index contributed by atoms with van der Waals surface area (Å²) in [5.74, 6) is 1.57. The summed E-state index contributed by atoms with van der Waals surface area (Å²) in [5.41, 5.74) is 9.64. The highest BCUT2D eigenvalue weighted by molar-refractivity contribution is 5.54. The number of β-amino-alcohol motifs (C(OH)–C–C–N with tert-alkyl or cyclic N) is 1. The van der Waals surface area contributed by atoms with Crippen LogP contribution in [0.25, 0.3) is 0 Å². The fraction of sp³-hybridized carbons (Fsp3) is 0.684. The van der Waals surface area contributed by atoms with Crippen molar-refractivity contribution in [2.24, 2.45) is 17.6 Å². The molecule has 8 atom stereocenters. The van der Waals surface area contributed by atoms with Crippen LogP contribution in [0.1, 0.15) is 70.4 Å². The molecule has 1 saturated heterocycles. The fourth-order valence-corrected chi connectivity index (χ4v) is 7.98. The number of benzene rings is 2. The maximum Gasteiger partial charge on any atom is 0.0823 e. The van der Waals surface area contributed by atoms with Crippen LogP contribution in [0, 0.1) is 11.8 Å². The largest absolute Gasteiger partial charge is 0.391 e. The van der Waals surface area contributed by atoms with Gasteiger partial charge in [-0.1, -0.05) is 67.8 Å². The predicted octanol–water partition coefficient (Wildman–Crippen LogP) is 3.52. The molecule has 5 rings (SSSR count). The van der Waals surface area contributed by atoms with E-state index in [1.165, 1.54) is 37.7 Å². The number of hydrogen-bond acceptors (Lipinski definition) is 8. The smallest absolute Gasteiger partial charge is 0.0823 e. The predicted molar refractivity (Wildman–Crippen MR) is 190 cm³/mol. The third-order valence-corrected chi connectivity index (χ3v) is 10.7. The van der Waals surface area contributed by atoms with Crippen molar-refractivity contribution < 1.29 is 10.2 Å². The molecule has 8 N–H and O–H groups in total. The van der Waals surface area contributed by atoms with Gasteiger partial charge in [0.15, 0.2) is 0 Å². The van der Waals surface area contributed by atoms with Gasteiger partial charge in [-0.05, 0) is 82.0 Å². The van der Waals surface area contributed by atoms with Gasteiger partial charge < -0.3 is 37.2 Å². The molecule has 1 saturated carbocycles. The lowest BCUT2D eigenvalue weighted by molar-refractivity contribution is -0.00362. The van der Waals surface area contributed by atoms with E-state index in [0.29, 0.717) is 38.6 Å². The standard InChI is InChI=1S/C38H62N6O2/c1-38(2,3)42-23-32-20-28-13-7-8-15-30(28)25-44(32)26-37(46)34(19-27-11-5-4-6-12-27)41-22-31(17-18-39)40-24-35-36(45)21-29-14-9-10-16-33(29)43-35/h4-6,9-12,14,16,28,30-32,34-37,40-43,45-46H,7-8,13,15,17-26,39H2,1-3H3/t28?,30?,31-,32-,34-,35?,36?,37+/m0/s1. The first-order chi connectivity index (χ1) is 22.2. The SMILES string of the molecule is CC(C)(C)NC[C@@H]1CC2CCCCC2CN1C[C@@H](O)[C@H](Cc1ccccc1)NC[C@H](CCN)NCC1Nc2ccccc2CC1O.